The third kappa shape index (κ3) is 2.62. The Kier molecular flexibility index (Phi) is 2.98. The number of para-hydroxylation sites is 1. The maximum absolute atomic E-state index is 7.34. The predicted octanol–water partition coefficient (Wildman–Crippen LogP) is 1.32. The summed E-state index contributed by atoms with van der Waals surface area (Å²) < 4.78 is 0. The number of hydrogen-bond donors (Lipinski definition) is 2. The zero-order valence-corrected chi connectivity index (χ0v) is 10.6. The van der Waals surface area contributed by atoms with Crippen molar-refractivity contribution in [2.45, 2.75) is 25.3 Å². The summed E-state index contributed by atoms with van der Waals surface area (Å²) in [5.74, 6) is 0.835. The van der Waals surface area contributed by atoms with Gasteiger partial charge in [-0.3, -0.25) is 5.41 Å². The van der Waals surface area contributed by atoms with Crippen molar-refractivity contribution >= 4 is 22.8 Å². The molecule has 1 saturated carbocycles. The lowest BCUT2D eigenvalue weighted by Crippen LogP contribution is -2.31. The molecule has 0 amide bonds. The largest absolute Gasteiger partial charge is 0.388 e. The van der Waals surface area contributed by atoms with Crippen LogP contribution in [0.15, 0.2) is 24.3 Å². The maximum Gasteiger partial charge on any atom is 0.246 e. The molecule has 19 heavy (non-hydrogen) atoms. The number of nitrogens with two attached hydrogens (primary N) is 1. The monoisotopic (exact) mass is 256 g/mol. The standard InChI is InChI=1S/C13H16N6/c14-12(15)7-8-19(9-5-6-9)13-16-10-3-1-2-4-11(10)17-18-13/h1-4,9H,5-8H2,(H3,14,15). The molecule has 0 spiro atoms. The third-order valence-corrected chi connectivity index (χ3v) is 3.22. The first-order chi connectivity index (χ1) is 9.24. The lowest BCUT2D eigenvalue weighted by Gasteiger charge is -2.21. The van der Waals surface area contributed by atoms with E-state index in [0.717, 1.165) is 23.9 Å². The van der Waals surface area contributed by atoms with E-state index in [1.54, 1.807) is 0 Å². The zero-order chi connectivity index (χ0) is 13.2. The molecule has 6 nitrogen and oxygen atoms in total. The fraction of sp³-hybridized carbons (Fsp3) is 0.385. The van der Waals surface area contributed by atoms with E-state index in [2.05, 4.69) is 20.1 Å². The van der Waals surface area contributed by atoms with Crippen LogP contribution in [0, 0.1) is 5.41 Å². The summed E-state index contributed by atoms with van der Waals surface area (Å²) in [7, 11) is 0. The minimum absolute atomic E-state index is 0.194. The van der Waals surface area contributed by atoms with E-state index < -0.39 is 0 Å². The van der Waals surface area contributed by atoms with Crippen molar-refractivity contribution in [3.8, 4) is 0 Å². The molecule has 1 fully saturated rings. The molecular weight excluding hydrogens is 240 g/mol. The summed E-state index contributed by atoms with van der Waals surface area (Å²) in [5.41, 5.74) is 7.08. The zero-order valence-electron chi connectivity index (χ0n) is 10.6. The van der Waals surface area contributed by atoms with E-state index in [0.29, 0.717) is 25.0 Å². The van der Waals surface area contributed by atoms with Crippen LogP contribution in [-0.2, 0) is 0 Å². The van der Waals surface area contributed by atoms with Crippen LogP contribution in [0.1, 0.15) is 19.3 Å². The Labute approximate surface area is 111 Å². The van der Waals surface area contributed by atoms with E-state index in [1.165, 1.54) is 0 Å². The number of benzene rings is 1. The molecule has 3 N–H and O–H groups in total. The Hall–Kier alpha value is -2.24. The number of amidine groups is 1. The van der Waals surface area contributed by atoms with Gasteiger partial charge in [-0.15, -0.1) is 10.2 Å². The summed E-state index contributed by atoms with van der Waals surface area (Å²) in [6.07, 6.45) is 2.83. The van der Waals surface area contributed by atoms with E-state index >= 15 is 0 Å². The maximum atomic E-state index is 7.34. The molecule has 2 aromatic rings. The fourth-order valence-electron chi connectivity index (χ4n) is 2.07. The number of aromatic nitrogens is 3. The molecular formula is C13H16N6. The smallest absolute Gasteiger partial charge is 0.246 e. The minimum atomic E-state index is 0.194. The van der Waals surface area contributed by atoms with Crippen LogP contribution >= 0.6 is 0 Å². The lowest BCUT2D eigenvalue weighted by atomic mass is 10.3. The van der Waals surface area contributed by atoms with Gasteiger partial charge in [-0.1, -0.05) is 12.1 Å². The van der Waals surface area contributed by atoms with E-state index in [4.69, 9.17) is 11.1 Å². The van der Waals surface area contributed by atoms with Gasteiger partial charge >= 0.3 is 0 Å². The minimum Gasteiger partial charge on any atom is -0.388 e. The van der Waals surface area contributed by atoms with Crippen LogP contribution in [0.25, 0.3) is 11.0 Å². The number of hydrogen-bond acceptors (Lipinski definition) is 5. The summed E-state index contributed by atoms with van der Waals surface area (Å²) in [5, 5.41) is 15.7. The molecule has 0 saturated heterocycles. The summed E-state index contributed by atoms with van der Waals surface area (Å²) in [4.78, 5) is 6.67. The molecule has 1 aromatic carbocycles. The topological polar surface area (TPSA) is 91.8 Å². The average molecular weight is 256 g/mol. The molecule has 1 aliphatic rings. The Morgan fingerprint density at radius 2 is 2.00 bits per heavy atom. The first kappa shape index (κ1) is 11.8. The van der Waals surface area contributed by atoms with Gasteiger partial charge in [0, 0.05) is 19.0 Å². The summed E-state index contributed by atoms with van der Waals surface area (Å²) in [6.45, 7) is 0.681. The molecule has 0 radical (unpaired) electrons. The van der Waals surface area contributed by atoms with Crippen LogP contribution in [0.4, 0.5) is 5.95 Å². The normalized spacial score (nSPS) is 14.5. The van der Waals surface area contributed by atoms with Gasteiger partial charge in [-0.25, -0.2) is 4.98 Å². The lowest BCUT2D eigenvalue weighted by molar-refractivity contribution is 0.753. The first-order valence-corrected chi connectivity index (χ1v) is 6.43. The van der Waals surface area contributed by atoms with Crippen LogP contribution in [0.5, 0.6) is 0 Å². The third-order valence-electron chi connectivity index (χ3n) is 3.22. The van der Waals surface area contributed by atoms with Gasteiger partial charge in [0.05, 0.1) is 11.4 Å². The number of anilines is 1. The number of fused-ring (bicyclic) bond motifs is 1. The highest BCUT2D eigenvalue weighted by Gasteiger charge is 2.31. The van der Waals surface area contributed by atoms with Crippen molar-refractivity contribution in [3.63, 3.8) is 0 Å². The molecule has 0 aliphatic heterocycles. The number of nitrogens with zero attached hydrogens (tertiary/aromatic N) is 4. The quantitative estimate of drug-likeness (QED) is 0.621. The summed E-state index contributed by atoms with van der Waals surface area (Å²) >= 11 is 0. The van der Waals surface area contributed by atoms with Gasteiger partial charge in [-0.05, 0) is 25.0 Å². The van der Waals surface area contributed by atoms with Gasteiger partial charge in [0.15, 0.2) is 0 Å². The molecule has 0 unspecified atom stereocenters. The van der Waals surface area contributed by atoms with E-state index in [9.17, 15) is 0 Å². The average Bonchev–Trinajstić information content (AvgIpc) is 3.23. The van der Waals surface area contributed by atoms with E-state index in [1.807, 2.05) is 24.3 Å². The second-order valence-corrected chi connectivity index (χ2v) is 4.80. The molecule has 1 heterocycles. The fourth-order valence-corrected chi connectivity index (χ4v) is 2.07. The van der Waals surface area contributed by atoms with E-state index in [-0.39, 0.29) is 5.84 Å². The highest BCUT2D eigenvalue weighted by molar-refractivity contribution is 5.77. The van der Waals surface area contributed by atoms with Crippen molar-refractivity contribution < 1.29 is 0 Å². The number of rotatable bonds is 5. The predicted molar refractivity (Wildman–Crippen MR) is 74.2 cm³/mol. The SMILES string of the molecule is N=C(N)CCN(c1nnc2ccccc2n1)C1CC1. The van der Waals surface area contributed by atoms with Crippen LogP contribution < -0.4 is 10.6 Å². The van der Waals surface area contributed by atoms with Crippen LogP contribution in [-0.4, -0.2) is 33.6 Å². The Bertz CT molecular complexity index is 607. The van der Waals surface area contributed by atoms with Crippen molar-refractivity contribution in [2.24, 2.45) is 5.73 Å². The second kappa shape index (κ2) is 4.79. The second-order valence-electron chi connectivity index (χ2n) is 4.80. The van der Waals surface area contributed by atoms with Crippen LogP contribution in [0.3, 0.4) is 0 Å². The molecule has 1 aliphatic carbocycles. The van der Waals surface area contributed by atoms with Crippen LogP contribution in [0.2, 0.25) is 0 Å². The van der Waals surface area contributed by atoms with Gasteiger partial charge in [0.1, 0.15) is 5.52 Å². The van der Waals surface area contributed by atoms with Crippen molar-refractivity contribution in [1.82, 2.24) is 15.2 Å². The highest BCUT2D eigenvalue weighted by atomic mass is 15.3. The van der Waals surface area contributed by atoms with Crippen molar-refractivity contribution in [2.75, 3.05) is 11.4 Å². The van der Waals surface area contributed by atoms with Gasteiger partial charge in [0.2, 0.25) is 5.95 Å². The molecule has 0 atom stereocenters. The molecule has 0 bridgehead atoms. The summed E-state index contributed by atoms with van der Waals surface area (Å²) in [6, 6.07) is 8.17. The Morgan fingerprint density at radius 1 is 1.26 bits per heavy atom. The molecule has 3 rings (SSSR count). The van der Waals surface area contributed by atoms with Gasteiger partial charge < -0.3 is 10.6 Å². The molecule has 6 heteroatoms. The molecule has 1 aromatic heterocycles. The highest BCUT2D eigenvalue weighted by Crippen LogP contribution is 2.29. The molecule has 98 valence electrons. The van der Waals surface area contributed by atoms with Crippen molar-refractivity contribution in [1.29, 1.82) is 5.41 Å². The first-order valence-electron chi connectivity index (χ1n) is 6.43. The Balaban J connectivity index is 1.88. The number of nitrogens with one attached hydrogen (secondary N) is 1. The van der Waals surface area contributed by atoms with Crippen molar-refractivity contribution in [3.05, 3.63) is 24.3 Å². The Morgan fingerprint density at radius 3 is 2.68 bits per heavy atom. The van der Waals surface area contributed by atoms with Gasteiger partial charge in [0.25, 0.3) is 0 Å². The van der Waals surface area contributed by atoms with Gasteiger partial charge in [-0.2, -0.15) is 0 Å².